The van der Waals surface area contributed by atoms with Crippen LogP contribution in [-0.2, 0) is 4.79 Å². The lowest BCUT2D eigenvalue weighted by Crippen LogP contribution is -2.45. The third-order valence-corrected chi connectivity index (χ3v) is 5.78. The number of halogens is 3. The van der Waals surface area contributed by atoms with Gasteiger partial charge in [-0.1, -0.05) is 42.1 Å². The van der Waals surface area contributed by atoms with Crippen LogP contribution in [0.15, 0.2) is 18.2 Å². The van der Waals surface area contributed by atoms with Crippen molar-refractivity contribution < 1.29 is 4.79 Å². The van der Waals surface area contributed by atoms with Gasteiger partial charge in [0.05, 0.1) is 10.0 Å². The molecule has 4 atom stereocenters. The molecule has 3 N–H and O–H groups in total. The Morgan fingerprint density at radius 3 is 2.65 bits per heavy atom. The maximum Gasteiger partial charge on any atom is 0.223 e. The van der Waals surface area contributed by atoms with Gasteiger partial charge in [0.15, 0.2) is 0 Å². The highest BCUT2D eigenvalue weighted by molar-refractivity contribution is 6.42. The van der Waals surface area contributed by atoms with Crippen molar-refractivity contribution >= 4 is 41.5 Å². The highest BCUT2D eigenvalue weighted by atomic mass is 35.5. The van der Waals surface area contributed by atoms with Gasteiger partial charge in [-0.25, -0.2) is 0 Å². The molecule has 128 valence electrons. The van der Waals surface area contributed by atoms with Gasteiger partial charge >= 0.3 is 0 Å². The van der Waals surface area contributed by atoms with Gasteiger partial charge in [0.25, 0.3) is 0 Å². The van der Waals surface area contributed by atoms with Gasteiger partial charge in [-0.2, -0.15) is 0 Å². The minimum absolute atomic E-state index is 0. The molecule has 0 spiro atoms. The van der Waals surface area contributed by atoms with Gasteiger partial charge in [-0.3, -0.25) is 4.79 Å². The molecule has 6 heteroatoms. The van der Waals surface area contributed by atoms with E-state index < -0.39 is 0 Å². The number of amides is 1. The Balaban J connectivity index is 0.00000192. The third kappa shape index (κ3) is 4.33. The highest BCUT2D eigenvalue weighted by Gasteiger charge is 2.45. The van der Waals surface area contributed by atoms with Crippen molar-refractivity contribution in [2.75, 3.05) is 6.54 Å². The van der Waals surface area contributed by atoms with Crippen molar-refractivity contribution in [3.05, 3.63) is 33.8 Å². The fourth-order valence-electron chi connectivity index (χ4n) is 3.57. The normalized spacial score (nSPS) is 29.5. The van der Waals surface area contributed by atoms with Crippen LogP contribution >= 0.6 is 35.6 Å². The molecule has 3 nitrogen and oxygen atoms in total. The molecule has 0 aliphatic heterocycles. The Labute approximate surface area is 153 Å². The average Bonchev–Trinajstić information content (AvgIpc) is 3.31. The fourth-order valence-corrected chi connectivity index (χ4v) is 3.87. The highest BCUT2D eigenvalue weighted by Crippen LogP contribution is 2.48. The summed E-state index contributed by atoms with van der Waals surface area (Å²) in [6, 6.07) is 5.90. The Bertz CT molecular complexity index is 567. The second-order valence-corrected chi connectivity index (χ2v) is 7.33. The average molecular weight is 378 g/mol. The van der Waals surface area contributed by atoms with Crippen LogP contribution in [0.25, 0.3) is 0 Å². The Morgan fingerprint density at radius 2 is 1.96 bits per heavy atom. The first-order valence-corrected chi connectivity index (χ1v) is 8.81. The molecule has 4 unspecified atom stereocenters. The maximum absolute atomic E-state index is 12.5. The summed E-state index contributed by atoms with van der Waals surface area (Å²) in [6.07, 6.45) is 5.48. The first-order valence-electron chi connectivity index (χ1n) is 8.05. The van der Waals surface area contributed by atoms with E-state index in [-0.39, 0.29) is 36.2 Å². The zero-order valence-electron chi connectivity index (χ0n) is 12.9. The lowest BCUT2D eigenvalue weighted by Gasteiger charge is -2.31. The smallest absolute Gasteiger partial charge is 0.223 e. The molecule has 2 fully saturated rings. The molecular weight excluding hydrogens is 355 g/mol. The summed E-state index contributed by atoms with van der Waals surface area (Å²) in [5.41, 5.74) is 6.94. The van der Waals surface area contributed by atoms with E-state index in [2.05, 4.69) is 5.32 Å². The van der Waals surface area contributed by atoms with Gasteiger partial charge in [0.2, 0.25) is 5.91 Å². The lowest BCUT2D eigenvalue weighted by molar-refractivity contribution is -0.123. The summed E-state index contributed by atoms with van der Waals surface area (Å²) >= 11 is 12.0. The van der Waals surface area contributed by atoms with Gasteiger partial charge in [0.1, 0.15) is 0 Å². The summed E-state index contributed by atoms with van der Waals surface area (Å²) in [7, 11) is 0. The van der Waals surface area contributed by atoms with Crippen molar-refractivity contribution in [1.29, 1.82) is 0 Å². The molecule has 2 aliphatic carbocycles. The van der Waals surface area contributed by atoms with Crippen molar-refractivity contribution in [2.24, 2.45) is 17.6 Å². The molecule has 0 heterocycles. The minimum Gasteiger partial charge on any atom is -0.353 e. The lowest BCUT2D eigenvalue weighted by atomic mass is 9.84. The van der Waals surface area contributed by atoms with Crippen molar-refractivity contribution in [3.63, 3.8) is 0 Å². The van der Waals surface area contributed by atoms with Crippen LogP contribution in [0.2, 0.25) is 10.0 Å². The van der Waals surface area contributed by atoms with E-state index in [4.69, 9.17) is 28.9 Å². The number of hydrogen-bond acceptors (Lipinski definition) is 2. The van der Waals surface area contributed by atoms with E-state index in [1.165, 1.54) is 12.8 Å². The van der Waals surface area contributed by atoms with Crippen molar-refractivity contribution in [3.8, 4) is 0 Å². The molecule has 1 aromatic carbocycles. The molecule has 0 bridgehead atoms. The van der Waals surface area contributed by atoms with Crippen LogP contribution in [0.4, 0.5) is 0 Å². The standard InChI is InChI=1S/C17H22Cl2N2O.ClH/c18-14-6-5-10(7-15(14)19)12-8-13(12)17(22)21-16-4-2-1-3-11(16)9-20;/h5-7,11-13,16H,1-4,8-9,20H2,(H,21,22);1H. The van der Waals surface area contributed by atoms with E-state index >= 15 is 0 Å². The zero-order valence-corrected chi connectivity index (χ0v) is 15.3. The Kier molecular flexibility index (Phi) is 6.61. The number of carbonyl (C=O) groups excluding carboxylic acids is 1. The molecule has 1 amide bonds. The third-order valence-electron chi connectivity index (χ3n) is 5.04. The quantitative estimate of drug-likeness (QED) is 0.828. The second kappa shape index (κ2) is 8.06. The minimum atomic E-state index is 0. The number of nitrogens with two attached hydrogens (primary N) is 1. The molecule has 3 rings (SSSR count). The predicted octanol–water partition coefficient (Wildman–Crippen LogP) is 4.15. The number of rotatable bonds is 4. The zero-order chi connectivity index (χ0) is 15.7. The topological polar surface area (TPSA) is 55.1 Å². The first-order chi connectivity index (χ1) is 10.6. The summed E-state index contributed by atoms with van der Waals surface area (Å²) in [5.74, 6) is 0.938. The molecule has 2 aliphatic rings. The molecule has 0 radical (unpaired) electrons. The summed E-state index contributed by atoms with van der Waals surface area (Å²) in [5, 5.41) is 4.34. The first kappa shape index (κ1) is 18.9. The number of benzene rings is 1. The number of carbonyl (C=O) groups is 1. The van der Waals surface area contributed by atoms with E-state index in [1.807, 2.05) is 12.1 Å². The van der Waals surface area contributed by atoms with Gasteiger partial charge in [-0.15, -0.1) is 12.4 Å². The van der Waals surface area contributed by atoms with Gasteiger partial charge in [0, 0.05) is 12.0 Å². The number of hydrogen-bond donors (Lipinski definition) is 2. The van der Waals surface area contributed by atoms with Gasteiger partial charge < -0.3 is 11.1 Å². The van der Waals surface area contributed by atoms with E-state index in [0.29, 0.717) is 22.5 Å². The largest absolute Gasteiger partial charge is 0.353 e. The molecule has 23 heavy (non-hydrogen) atoms. The van der Waals surface area contributed by atoms with Crippen LogP contribution < -0.4 is 11.1 Å². The Morgan fingerprint density at radius 1 is 1.22 bits per heavy atom. The Hall–Kier alpha value is -0.480. The van der Waals surface area contributed by atoms with Crippen LogP contribution in [0, 0.1) is 11.8 Å². The van der Waals surface area contributed by atoms with Gasteiger partial charge in [-0.05, 0) is 55.3 Å². The monoisotopic (exact) mass is 376 g/mol. The molecule has 0 saturated heterocycles. The SMILES string of the molecule is Cl.NCC1CCCCC1NC(=O)C1CC1c1ccc(Cl)c(Cl)c1. The van der Waals surface area contributed by atoms with Crippen molar-refractivity contribution in [1.82, 2.24) is 5.32 Å². The maximum atomic E-state index is 12.5. The van der Waals surface area contributed by atoms with E-state index in [9.17, 15) is 4.79 Å². The molecular formula is C17H23Cl3N2O. The van der Waals surface area contributed by atoms with Crippen LogP contribution in [0.5, 0.6) is 0 Å². The fraction of sp³-hybridized carbons (Fsp3) is 0.588. The molecule has 2 saturated carbocycles. The molecule has 0 aromatic heterocycles. The van der Waals surface area contributed by atoms with Crippen LogP contribution in [0.1, 0.15) is 43.6 Å². The summed E-state index contributed by atoms with van der Waals surface area (Å²) in [4.78, 5) is 12.5. The predicted molar refractivity (Wildman–Crippen MR) is 97.5 cm³/mol. The van der Waals surface area contributed by atoms with Crippen LogP contribution in [-0.4, -0.2) is 18.5 Å². The molecule has 1 aromatic rings. The second-order valence-electron chi connectivity index (χ2n) is 6.52. The van der Waals surface area contributed by atoms with E-state index in [1.54, 1.807) is 6.07 Å². The van der Waals surface area contributed by atoms with Crippen molar-refractivity contribution in [2.45, 2.75) is 44.1 Å². The van der Waals surface area contributed by atoms with E-state index in [0.717, 1.165) is 24.8 Å². The summed E-state index contributed by atoms with van der Waals surface area (Å²) < 4.78 is 0. The van der Waals surface area contributed by atoms with Crippen LogP contribution in [0.3, 0.4) is 0 Å². The number of nitrogens with one attached hydrogen (secondary N) is 1. The summed E-state index contributed by atoms with van der Waals surface area (Å²) in [6.45, 7) is 0.659.